The van der Waals surface area contributed by atoms with Crippen LogP contribution in [0.3, 0.4) is 0 Å². The summed E-state index contributed by atoms with van der Waals surface area (Å²) in [7, 11) is 7.24. The minimum atomic E-state index is -0.173. The molecule has 2 heterocycles. The summed E-state index contributed by atoms with van der Waals surface area (Å²) in [6.45, 7) is -0.0213. The molecular weight excluding hydrogens is 384 g/mol. The van der Waals surface area contributed by atoms with Crippen LogP contribution >= 0.6 is 22.7 Å². The van der Waals surface area contributed by atoms with E-state index in [0.717, 1.165) is 14.7 Å². The Morgan fingerprint density at radius 2 is 1.81 bits per heavy atom. The van der Waals surface area contributed by atoms with Gasteiger partial charge in [0.15, 0.2) is 11.7 Å². The highest BCUT2D eigenvalue weighted by atomic mass is 32.1. The van der Waals surface area contributed by atoms with Gasteiger partial charge in [-0.25, -0.2) is 4.98 Å². The van der Waals surface area contributed by atoms with Crippen molar-refractivity contribution in [1.29, 1.82) is 0 Å². The Labute approximate surface area is 165 Å². The minimum Gasteiger partial charge on any atom is -0.484 e. The molecule has 0 saturated carbocycles. The molecule has 1 N–H and O–H groups in total. The van der Waals surface area contributed by atoms with Gasteiger partial charge in [-0.05, 0) is 30.3 Å². The molecule has 1 aromatic carbocycles. The molecule has 142 valence electrons. The number of likely N-dealkylation sites (N-methyl/N-ethyl adjacent to an activating group) is 1. The summed E-state index contributed by atoms with van der Waals surface area (Å²) in [5.41, 5.74) is 0.657. The van der Waals surface area contributed by atoms with Gasteiger partial charge < -0.3 is 19.9 Å². The lowest BCUT2D eigenvalue weighted by Crippen LogP contribution is -2.27. The molecule has 9 heteroatoms. The molecule has 0 atom stereocenters. The van der Waals surface area contributed by atoms with E-state index in [9.17, 15) is 9.59 Å². The molecular formula is C18H20N4O3S2. The normalized spacial score (nSPS) is 10.7. The number of carbonyl (C=O) groups is 2. The average Bonchev–Trinajstić information content (AvgIpc) is 3.20. The molecule has 27 heavy (non-hydrogen) atoms. The molecule has 0 unspecified atom stereocenters. The predicted octanol–water partition coefficient (Wildman–Crippen LogP) is 3.14. The smallest absolute Gasteiger partial charge is 0.265 e. The number of nitrogens with zero attached hydrogens (tertiary/aromatic N) is 3. The largest absolute Gasteiger partial charge is 0.484 e. The second-order valence-corrected chi connectivity index (χ2v) is 8.27. The van der Waals surface area contributed by atoms with E-state index in [1.54, 1.807) is 49.7 Å². The number of hydrogen-bond donors (Lipinski definition) is 1. The van der Waals surface area contributed by atoms with Gasteiger partial charge in [0.2, 0.25) is 0 Å². The lowest BCUT2D eigenvalue weighted by molar-refractivity contribution is -0.130. The highest BCUT2D eigenvalue weighted by molar-refractivity contribution is 7.29. The zero-order valence-corrected chi connectivity index (χ0v) is 17.1. The zero-order valence-electron chi connectivity index (χ0n) is 15.5. The van der Waals surface area contributed by atoms with E-state index in [0.29, 0.717) is 16.3 Å². The molecule has 0 aliphatic carbocycles. The van der Waals surface area contributed by atoms with Crippen molar-refractivity contribution in [3.8, 4) is 5.75 Å². The Balaban J connectivity index is 1.62. The van der Waals surface area contributed by atoms with E-state index < -0.39 is 0 Å². The van der Waals surface area contributed by atoms with Crippen LogP contribution in [0.25, 0.3) is 9.53 Å². The highest BCUT2D eigenvalue weighted by Crippen LogP contribution is 2.34. The van der Waals surface area contributed by atoms with Gasteiger partial charge in [0.1, 0.15) is 10.6 Å². The standard InChI is InChI=1S/C18H20N4O3S2/c1-21(2)15(23)10-25-12-7-5-11(6-8-12)19-16(24)13-9-14-17(26-13)20-18(27-14)22(3)4/h5-9H,10H2,1-4H3,(H,19,24). The van der Waals surface area contributed by atoms with Crippen LogP contribution < -0.4 is 15.0 Å². The number of hydrogen-bond acceptors (Lipinski definition) is 7. The number of fused-ring (bicyclic) bond motifs is 1. The molecule has 2 aromatic heterocycles. The van der Waals surface area contributed by atoms with Crippen molar-refractivity contribution in [2.45, 2.75) is 0 Å². The van der Waals surface area contributed by atoms with Crippen molar-refractivity contribution in [3.63, 3.8) is 0 Å². The first kappa shape index (κ1) is 19.1. The van der Waals surface area contributed by atoms with Gasteiger partial charge >= 0.3 is 0 Å². The summed E-state index contributed by atoms with van der Waals surface area (Å²) in [5, 5.41) is 3.79. The number of thiazole rings is 1. The SMILES string of the molecule is CN(C)C(=O)COc1ccc(NC(=O)c2cc3sc(N(C)C)nc3s2)cc1. The Morgan fingerprint density at radius 3 is 2.41 bits per heavy atom. The third-order valence-electron chi connectivity index (χ3n) is 3.66. The molecule has 7 nitrogen and oxygen atoms in total. The lowest BCUT2D eigenvalue weighted by Gasteiger charge is -2.11. The number of ether oxygens (including phenoxy) is 1. The Morgan fingerprint density at radius 1 is 1.11 bits per heavy atom. The molecule has 0 radical (unpaired) electrons. The van der Waals surface area contributed by atoms with Crippen LogP contribution in [0.2, 0.25) is 0 Å². The summed E-state index contributed by atoms with van der Waals surface area (Å²) in [6.07, 6.45) is 0. The molecule has 3 rings (SSSR count). The monoisotopic (exact) mass is 404 g/mol. The van der Waals surface area contributed by atoms with Crippen LogP contribution in [0.1, 0.15) is 9.67 Å². The molecule has 0 bridgehead atoms. The highest BCUT2D eigenvalue weighted by Gasteiger charge is 2.15. The number of benzene rings is 1. The first-order chi connectivity index (χ1) is 12.8. The van der Waals surface area contributed by atoms with Crippen LogP contribution in [-0.4, -0.2) is 56.5 Å². The number of thiophene rings is 1. The summed E-state index contributed by atoms with van der Waals surface area (Å²) in [5.74, 6) is 0.282. The fraction of sp³-hybridized carbons (Fsp3) is 0.278. The van der Waals surface area contributed by atoms with Gasteiger partial charge in [-0.2, -0.15) is 0 Å². The van der Waals surface area contributed by atoms with E-state index in [1.807, 2.05) is 25.1 Å². The summed E-state index contributed by atoms with van der Waals surface area (Å²) in [4.78, 5) is 33.4. The van der Waals surface area contributed by atoms with E-state index in [2.05, 4.69) is 10.3 Å². The second kappa shape index (κ2) is 7.93. The number of aromatic nitrogens is 1. The van der Waals surface area contributed by atoms with Gasteiger partial charge in [-0.15, -0.1) is 11.3 Å². The van der Waals surface area contributed by atoms with Crippen LogP contribution in [-0.2, 0) is 4.79 Å². The number of nitrogens with one attached hydrogen (secondary N) is 1. The van der Waals surface area contributed by atoms with Crippen molar-refractivity contribution < 1.29 is 14.3 Å². The second-order valence-electron chi connectivity index (χ2n) is 6.23. The summed E-state index contributed by atoms with van der Waals surface area (Å²) in [6, 6.07) is 8.79. The molecule has 0 aliphatic heterocycles. The Hall–Kier alpha value is -2.65. The van der Waals surface area contributed by atoms with Crippen LogP contribution in [0, 0.1) is 0 Å². The van der Waals surface area contributed by atoms with E-state index in [4.69, 9.17) is 4.74 Å². The fourth-order valence-corrected chi connectivity index (χ4v) is 4.16. The zero-order chi connectivity index (χ0) is 19.6. The first-order valence-corrected chi connectivity index (χ1v) is 9.79. The lowest BCUT2D eigenvalue weighted by atomic mass is 10.3. The predicted molar refractivity (Wildman–Crippen MR) is 110 cm³/mol. The van der Waals surface area contributed by atoms with Crippen molar-refractivity contribution in [3.05, 3.63) is 35.2 Å². The molecule has 3 aromatic rings. The maximum absolute atomic E-state index is 12.5. The maximum atomic E-state index is 12.5. The summed E-state index contributed by atoms with van der Waals surface area (Å²) < 4.78 is 6.42. The number of amides is 2. The Bertz CT molecular complexity index is 929. The average molecular weight is 405 g/mol. The van der Waals surface area contributed by atoms with E-state index in [1.165, 1.54) is 16.2 Å². The van der Waals surface area contributed by atoms with Gasteiger partial charge in [0.25, 0.3) is 11.8 Å². The number of rotatable bonds is 6. The Kier molecular flexibility index (Phi) is 5.62. The number of anilines is 2. The number of carbonyl (C=O) groups excluding carboxylic acids is 2. The third kappa shape index (κ3) is 4.55. The van der Waals surface area contributed by atoms with Gasteiger partial charge in [0, 0.05) is 33.9 Å². The molecule has 0 fully saturated rings. The van der Waals surface area contributed by atoms with Gasteiger partial charge in [-0.3, -0.25) is 9.59 Å². The van der Waals surface area contributed by atoms with Crippen molar-refractivity contribution >= 4 is 54.8 Å². The van der Waals surface area contributed by atoms with Gasteiger partial charge in [-0.1, -0.05) is 11.3 Å². The van der Waals surface area contributed by atoms with Crippen molar-refractivity contribution in [2.24, 2.45) is 0 Å². The van der Waals surface area contributed by atoms with Gasteiger partial charge in [0.05, 0.1) is 9.58 Å². The van der Waals surface area contributed by atoms with Crippen molar-refractivity contribution in [2.75, 3.05) is 45.0 Å². The van der Waals surface area contributed by atoms with Crippen LogP contribution in [0.4, 0.5) is 10.8 Å². The quantitative estimate of drug-likeness (QED) is 0.683. The fourth-order valence-electron chi connectivity index (χ4n) is 2.13. The topological polar surface area (TPSA) is 74.8 Å². The van der Waals surface area contributed by atoms with Crippen LogP contribution in [0.5, 0.6) is 5.75 Å². The first-order valence-electron chi connectivity index (χ1n) is 8.15. The maximum Gasteiger partial charge on any atom is 0.265 e. The van der Waals surface area contributed by atoms with E-state index in [-0.39, 0.29) is 18.4 Å². The molecule has 0 spiro atoms. The molecule has 0 aliphatic rings. The molecule has 2 amide bonds. The van der Waals surface area contributed by atoms with Crippen molar-refractivity contribution in [1.82, 2.24) is 9.88 Å². The minimum absolute atomic E-state index is 0.0213. The third-order valence-corrected chi connectivity index (χ3v) is 5.98. The molecule has 0 saturated heterocycles. The van der Waals surface area contributed by atoms with Crippen LogP contribution in [0.15, 0.2) is 30.3 Å². The van der Waals surface area contributed by atoms with E-state index >= 15 is 0 Å². The summed E-state index contributed by atoms with van der Waals surface area (Å²) >= 11 is 2.93.